The van der Waals surface area contributed by atoms with Crippen LogP contribution in [0.15, 0.2) is 42.6 Å². The van der Waals surface area contributed by atoms with Crippen molar-refractivity contribution in [3.63, 3.8) is 0 Å². The summed E-state index contributed by atoms with van der Waals surface area (Å²) in [5.41, 5.74) is 3.11. The zero-order valence-corrected chi connectivity index (χ0v) is 16.8. The lowest BCUT2D eigenvalue weighted by atomic mass is 9.98. The molecule has 6 heteroatoms. The minimum Gasteiger partial charge on any atom is -0.354 e. The van der Waals surface area contributed by atoms with Gasteiger partial charge in [-0.25, -0.2) is 14.4 Å². The minimum atomic E-state index is -0.336. The second kappa shape index (κ2) is 8.15. The number of anilines is 2. The number of aryl methyl sites for hydroxylation is 1. The molecule has 0 saturated carbocycles. The van der Waals surface area contributed by atoms with Gasteiger partial charge in [0.05, 0.1) is 11.3 Å². The molecule has 1 aromatic carbocycles. The number of halogens is 1. The van der Waals surface area contributed by atoms with Crippen LogP contribution in [0.5, 0.6) is 0 Å². The van der Waals surface area contributed by atoms with Gasteiger partial charge in [0.15, 0.2) is 5.65 Å². The first-order valence-corrected chi connectivity index (χ1v) is 10.2. The molecular weight excluding hydrogens is 367 g/mol. The van der Waals surface area contributed by atoms with Crippen LogP contribution in [-0.4, -0.2) is 33.4 Å². The van der Waals surface area contributed by atoms with Crippen LogP contribution in [-0.2, 0) is 0 Å². The molecule has 0 bridgehead atoms. The average Bonchev–Trinajstić information content (AvgIpc) is 2.73. The fourth-order valence-corrected chi connectivity index (χ4v) is 4.03. The normalized spacial score (nSPS) is 16.8. The maximum Gasteiger partial charge on any atom is 0.257 e. The maximum atomic E-state index is 13.7. The molecule has 4 rings (SSSR count). The van der Waals surface area contributed by atoms with Crippen molar-refractivity contribution in [2.75, 3.05) is 11.9 Å². The number of piperidine rings is 1. The third kappa shape index (κ3) is 3.92. The fourth-order valence-electron chi connectivity index (χ4n) is 4.03. The second-order valence-electron chi connectivity index (χ2n) is 7.56. The van der Waals surface area contributed by atoms with Crippen LogP contribution in [0.4, 0.5) is 15.8 Å². The van der Waals surface area contributed by atoms with Gasteiger partial charge in [-0.3, -0.25) is 4.79 Å². The highest BCUT2D eigenvalue weighted by atomic mass is 19.1. The highest BCUT2D eigenvalue weighted by molar-refractivity contribution is 6.07. The van der Waals surface area contributed by atoms with E-state index in [2.05, 4.69) is 22.2 Å². The van der Waals surface area contributed by atoms with Gasteiger partial charge in [-0.2, -0.15) is 0 Å². The lowest BCUT2D eigenvalue weighted by Gasteiger charge is -2.35. The Bertz CT molecular complexity index is 1050. The Kier molecular flexibility index (Phi) is 5.43. The number of rotatable bonds is 4. The minimum absolute atomic E-state index is 0.0366. The van der Waals surface area contributed by atoms with E-state index >= 15 is 0 Å². The van der Waals surface area contributed by atoms with Crippen molar-refractivity contribution in [2.24, 2.45) is 0 Å². The van der Waals surface area contributed by atoms with Crippen LogP contribution in [0.1, 0.15) is 48.7 Å². The molecule has 1 fully saturated rings. The quantitative estimate of drug-likeness (QED) is 0.661. The smallest absolute Gasteiger partial charge is 0.257 e. The Morgan fingerprint density at radius 1 is 1.28 bits per heavy atom. The Balaban J connectivity index is 1.82. The molecule has 1 N–H and O–H groups in total. The summed E-state index contributed by atoms with van der Waals surface area (Å²) in [6, 6.07) is 10.3. The number of fused-ring (bicyclic) bond motifs is 1. The highest BCUT2D eigenvalue weighted by Gasteiger charge is 2.28. The number of benzene rings is 1. The third-order valence-corrected chi connectivity index (χ3v) is 5.55. The first kappa shape index (κ1) is 19.3. The van der Waals surface area contributed by atoms with Gasteiger partial charge in [0.25, 0.3) is 5.91 Å². The van der Waals surface area contributed by atoms with E-state index in [0.29, 0.717) is 22.6 Å². The van der Waals surface area contributed by atoms with Gasteiger partial charge in [-0.1, -0.05) is 13.0 Å². The topological polar surface area (TPSA) is 58.1 Å². The lowest BCUT2D eigenvalue weighted by molar-refractivity contribution is 0.0609. The molecule has 0 radical (unpaired) electrons. The molecule has 150 valence electrons. The van der Waals surface area contributed by atoms with Crippen molar-refractivity contribution in [3.8, 4) is 0 Å². The molecular formula is C23H25FN4O. The molecule has 0 unspecified atom stereocenters. The number of hydrogen-bond acceptors (Lipinski definition) is 4. The summed E-state index contributed by atoms with van der Waals surface area (Å²) >= 11 is 0. The molecule has 5 nitrogen and oxygen atoms in total. The standard InChI is InChI=1S/C23H25FN4O/c1-3-18-9-4-5-12-28(18)23(29)20-14-25-22-19(11-10-15(2)26-22)21(20)27-17-8-6-7-16(24)13-17/h6-8,10-11,13-14,18H,3-5,9,12H2,1-2H3,(H,25,26,27)/t18-/m1/s1. The summed E-state index contributed by atoms with van der Waals surface area (Å²) < 4.78 is 13.7. The van der Waals surface area contributed by atoms with Gasteiger partial charge >= 0.3 is 0 Å². The van der Waals surface area contributed by atoms with Gasteiger partial charge in [0, 0.05) is 35.6 Å². The second-order valence-corrected chi connectivity index (χ2v) is 7.56. The molecule has 3 aromatic rings. The van der Waals surface area contributed by atoms with Crippen molar-refractivity contribution in [2.45, 2.75) is 45.6 Å². The average molecular weight is 392 g/mol. The Hall–Kier alpha value is -3.02. The lowest BCUT2D eigenvalue weighted by Crippen LogP contribution is -2.43. The van der Waals surface area contributed by atoms with E-state index in [1.54, 1.807) is 18.3 Å². The molecule has 1 amide bonds. The van der Waals surface area contributed by atoms with E-state index in [1.165, 1.54) is 12.1 Å². The summed E-state index contributed by atoms with van der Waals surface area (Å²) in [7, 11) is 0. The predicted octanol–water partition coefficient (Wildman–Crippen LogP) is 5.23. The van der Waals surface area contributed by atoms with Crippen molar-refractivity contribution in [1.29, 1.82) is 0 Å². The van der Waals surface area contributed by atoms with Crippen LogP contribution in [0.3, 0.4) is 0 Å². The number of carbonyl (C=O) groups excluding carboxylic acids is 1. The highest BCUT2D eigenvalue weighted by Crippen LogP contribution is 2.31. The third-order valence-electron chi connectivity index (χ3n) is 5.55. The van der Waals surface area contributed by atoms with E-state index < -0.39 is 0 Å². The number of amides is 1. The first-order chi connectivity index (χ1) is 14.1. The molecule has 0 spiro atoms. The molecule has 1 aliphatic heterocycles. The summed E-state index contributed by atoms with van der Waals surface area (Å²) in [5, 5.41) is 4.01. The van der Waals surface area contributed by atoms with E-state index in [0.717, 1.165) is 43.3 Å². The van der Waals surface area contributed by atoms with Crippen LogP contribution in [0, 0.1) is 12.7 Å². The monoisotopic (exact) mass is 392 g/mol. The summed E-state index contributed by atoms with van der Waals surface area (Å²) in [5.74, 6) is -0.372. The van der Waals surface area contributed by atoms with Gasteiger partial charge < -0.3 is 10.2 Å². The van der Waals surface area contributed by atoms with Crippen LogP contribution >= 0.6 is 0 Å². The number of aromatic nitrogens is 2. The Morgan fingerprint density at radius 3 is 2.93 bits per heavy atom. The van der Waals surface area contributed by atoms with Crippen LogP contribution in [0.25, 0.3) is 11.0 Å². The molecule has 2 aromatic heterocycles. The number of likely N-dealkylation sites (tertiary alicyclic amines) is 1. The molecule has 1 atom stereocenters. The largest absolute Gasteiger partial charge is 0.354 e. The van der Waals surface area contributed by atoms with Gasteiger partial charge in [0.2, 0.25) is 0 Å². The number of pyridine rings is 2. The summed E-state index contributed by atoms with van der Waals surface area (Å²) in [6.07, 6.45) is 5.71. The van der Waals surface area contributed by atoms with E-state index in [9.17, 15) is 9.18 Å². The maximum absolute atomic E-state index is 13.7. The number of nitrogens with one attached hydrogen (secondary N) is 1. The number of carbonyl (C=O) groups is 1. The Labute approximate surface area is 170 Å². The predicted molar refractivity (Wildman–Crippen MR) is 113 cm³/mol. The van der Waals surface area contributed by atoms with E-state index in [1.807, 2.05) is 24.0 Å². The van der Waals surface area contributed by atoms with Crippen LogP contribution < -0.4 is 5.32 Å². The van der Waals surface area contributed by atoms with Crippen molar-refractivity contribution in [3.05, 3.63) is 59.7 Å². The summed E-state index contributed by atoms with van der Waals surface area (Å²) in [6.45, 7) is 4.77. The van der Waals surface area contributed by atoms with Gasteiger partial charge in [-0.15, -0.1) is 0 Å². The van der Waals surface area contributed by atoms with Gasteiger partial charge in [0.1, 0.15) is 5.82 Å². The molecule has 0 aliphatic carbocycles. The van der Waals surface area contributed by atoms with Crippen molar-refractivity contribution < 1.29 is 9.18 Å². The van der Waals surface area contributed by atoms with E-state index in [-0.39, 0.29) is 17.8 Å². The zero-order valence-electron chi connectivity index (χ0n) is 16.8. The number of hydrogen-bond donors (Lipinski definition) is 1. The van der Waals surface area contributed by atoms with E-state index in [4.69, 9.17) is 0 Å². The van der Waals surface area contributed by atoms with Crippen LogP contribution in [0.2, 0.25) is 0 Å². The molecule has 1 saturated heterocycles. The van der Waals surface area contributed by atoms with Crippen molar-refractivity contribution >= 4 is 28.3 Å². The zero-order chi connectivity index (χ0) is 20.4. The SMILES string of the molecule is CC[C@@H]1CCCCN1C(=O)c1cnc2nc(C)ccc2c1Nc1cccc(F)c1. The van der Waals surface area contributed by atoms with Crippen molar-refractivity contribution in [1.82, 2.24) is 14.9 Å². The fraction of sp³-hybridized carbons (Fsp3) is 0.348. The Morgan fingerprint density at radius 2 is 2.14 bits per heavy atom. The van der Waals surface area contributed by atoms with Gasteiger partial charge in [-0.05, 0) is 62.9 Å². The first-order valence-electron chi connectivity index (χ1n) is 10.2. The molecule has 1 aliphatic rings. The molecule has 29 heavy (non-hydrogen) atoms. The number of nitrogens with zero attached hydrogens (tertiary/aromatic N) is 3. The summed E-state index contributed by atoms with van der Waals surface area (Å²) in [4.78, 5) is 24.4. The molecule has 3 heterocycles.